The van der Waals surface area contributed by atoms with Crippen LogP contribution in [-0.4, -0.2) is 35.9 Å². The lowest BCUT2D eigenvalue weighted by Crippen LogP contribution is -2.34. The monoisotopic (exact) mass is 346 g/mol. The van der Waals surface area contributed by atoms with Gasteiger partial charge in [0.15, 0.2) is 0 Å². The molecule has 0 fully saturated rings. The Morgan fingerprint density at radius 3 is 2.71 bits per heavy atom. The van der Waals surface area contributed by atoms with E-state index >= 15 is 0 Å². The van der Waals surface area contributed by atoms with Crippen LogP contribution in [0.1, 0.15) is 21.6 Å². The normalized spacial score (nSPS) is 10.2. The summed E-state index contributed by atoms with van der Waals surface area (Å²) >= 11 is 6.06. The summed E-state index contributed by atoms with van der Waals surface area (Å²) in [5.74, 6) is -0.261. The third-order valence-corrected chi connectivity index (χ3v) is 3.83. The van der Waals surface area contributed by atoms with Crippen LogP contribution >= 0.6 is 11.6 Å². The predicted molar refractivity (Wildman–Crippen MR) is 94.3 cm³/mol. The number of amides is 3. The van der Waals surface area contributed by atoms with Crippen molar-refractivity contribution in [1.82, 2.24) is 15.2 Å². The smallest absolute Gasteiger partial charge is 0.317 e. The molecule has 6 nitrogen and oxygen atoms in total. The van der Waals surface area contributed by atoms with E-state index in [9.17, 15) is 9.59 Å². The zero-order chi connectivity index (χ0) is 17.7. The fourth-order valence-corrected chi connectivity index (χ4v) is 2.15. The second-order valence-electron chi connectivity index (χ2n) is 5.46. The van der Waals surface area contributed by atoms with Crippen molar-refractivity contribution in [3.8, 4) is 0 Å². The highest BCUT2D eigenvalue weighted by atomic mass is 35.5. The van der Waals surface area contributed by atoms with Crippen LogP contribution in [0, 0.1) is 6.92 Å². The Hall–Kier alpha value is -2.60. The quantitative estimate of drug-likeness (QED) is 0.893. The molecule has 0 bridgehead atoms. The summed E-state index contributed by atoms with van der Waals surface area (Å²) in [7, 11) is 3.31. The summed E-state index contributed by atoms with van der Waals surface area (Å²) < 4.78 is 0. The van der Waals surface area contributed by atoms with Gasteiger partial charge in [0.05, 0.1) is 12.2 Å². The van der Waals surface area contributed by atoms with Crippen LogP contribution in [0.15, 0.2) is 36.5 Å². The number of hydrogen-bond acceptors (Lipinski definition) is 3. The number of urea groups is 1. The Morgan fingerprint density at radius 2 is 2.00 bits per heavy atom. The van der Waals surface area contributed by atoms with Crippen molar-refractivity contribution >= 4 is 29.2 Å². The molecule has 126 valence electrons. The molecule has 1 aromatic carbocycles. The molecule has 0 radical (unpaired) electrons. The molecule has 2 N–H and O–H groups in total. The third-order valence-electron chi connectivity index (χ3n) is 3.42. The molecule has 1 heterocycles. The molecule has 1 aromatic heterocycles. The lowest BCUT2D eigenvalue weighted by atomic mass is 10.1. The Morgan fingerprint density at radius 1 is 1.25 bits per heavy atom. The maximum Gasteiger partial charge on any atom is 0.317 e. The van der Waals surface area contributed by atoms with Crippen LogP contribution in [0.4, 0.5) is 10.5 Å². The van der Waals surface area contributed by atoms with Crippen LogP contribution in [0.3, 0.4) is 0 Å². The molecule has 3 amide bonds. The van der Waals surface area contributed by atoms with Crippen LogP contribution in [0.5, 0.6) is 0 Å². The summed E-state index contributed by atoms with van der Waals surface area (Å²) in [6, 6.07) is 8.38. The summed E-state index contributed by atoms with van der Waals surface area (Å²) in [6.07, 6.45) is 1.54. The number of halogens is 1. The number of hydrogen-bond donors (Lipinski definition) is 2. The van der Waals surface area contributed by atoms with Crippen molar-refractivity contribution in [3.05, 3.63) is 58.4 Å². The number of anilines is 1. The van der Waals surface area contributed by atoms with E-state index in [-0.39, 0.29) is 18.5 Å². The standard InChI is InChI=1S/C17H19ClN4O2/c1-11-14(18)5-4-6-15(11)21-16(23)12-7-8-19-13(9-12)10-20-17(24)22(2)3/h4-9H,10H2,1-3H3,(H,20,24)(H,21,23). The minimum atomic E-state index is -0.261. The van der Waals surface area contributed by atoms with Gasteiger partial charge in [0, 0.05) is 36.6 Å². The Labute approximate surface area is 145 Å². The molecule has 0 aliphatic rings. The number of nitrogens with zero attached hydrogens (tertiary/aromatic N) is 2. The molecular formula is C17H19ClN4O2. The maximum atomic E-state index is 12.4. The number of rotatable bonds is 4. The van der Waals surface area contributed by atoms with Gasteiger partial charge in [0.2, 0.25) is 0 Å². The predicted octanol–water partition coefficient (Wildman–Crippen LogP) is 3.07. The third kappa shape index (κ3) is 4.45. The largest absolute Gasteiger partial charge is 0.332 e. The van der Waals surface area contributed by atoms with Crippen LogP contribution < -0.4 is 10.6 Å². The minimum Gasteiger partial charge on any atom is -0.332 e. The molecule has 0 atom stereocenters. The average molecular weight is 347 g/mol. The Kier molecular flexibility index (Phi) is 5.76. The number of pyridine rings is 1. The summed E-state index contributed by atoms with van der Waals surface area (Å²) in [6.45, 7) is 2.08. The van der Waals surface area contributed by atoms with Gasteiger partial charge in [-0.15, -0.1) is 0 Å². The molecule has 2 rings (SSSR count). The first-order valence-electron chi connectivity index (χ1n) is 7.35. The van der Waals surface area contributed by atoms with Gasteiger partial charge >= 0.3 is 6.03 Å². The fraction of sp³-hybridized carbons (Fsp3) is 0.235. The van der Waals surface area contributed by atoms with E-state index in [4.69, 9.17) is 11.6 Å². The van der Waals surface area contributed by atoms with E-state index in [1.54, 1.807) is 44.4 Å². The van der Waals surface area contributed by atoms with Gasteiger partial charge in [-0.25, -0.2) is 4.79 Å². The van der Waals surface area contributed by atoms with Crippen LogP contribution in [0.2, 0.25) is 5.02 Å². The molecule has 0 unspecified atom stereocenters. The Bertz CT molecular complexity index is 762. The summed E-state index contributed by atoms with van der Waals surface area (Å²) in [5, 5.41) is 6.13. The molecule has 0 saturated heterocycles. The number of nitrogens with one attached hydrogen (secondary N) is 2. The topological polar surface area (TPSA) is 74.3 Å². The highest BCUT2D eigenvalue weighted by Crippen LogP contribution is 2.23. The number of carbonyl (C=O) groups is 2. The molecule has 2 aromatic rings. The van der Waals surface area contributed by atoms with Gasteiger partial charge in [-0.05, 0) is 36.8 Å². The zero-order valence-corrected chi connectivity index (χ0v) is 14.5. The second kappa shape index (κ2) is 7.79. The molecule has 0 aliphatic carbocycles. The van der Waals surface area contributed by atoms with Crippen molar-refractivity contribution in [3.63, 3.8) is 0 Å². The number of benzene rings is 1. The van der Waals surface area contributed by atoms with Crippen molar-refractivity contribution < 1.29 is 9.59 Å². The molecule has 0 saturated carbocycles. The highest BCUT2D eigenvalue weighted by Gasteiger charge is 2.11. The van der Waals surface area contributed by atoms with Gasteiger partial charge in [-0.2, -0.15) is 0 Å². The minimum absolute atomic E-state index is 0.221. The van der Waals surface area contributed by atoms with E-state index in [1.165, 1.54) is 11.1 Å². The van der Waals surface area contributed by atoms with Crippen LogP contribution in [-0.2, 0) is 6.54 Å². The van der Waals surface area contributed by atoms with Crippen molar-refractivity contribution in [2.45, 2.75) is 13.5 Å². The first kappa shape index (κ1) is 17.7. The first-order chi connectivity index (χ1) is 11.4. The van der Waals surface area contributed by atoms with Crippen molar-refractivity contribution in [2.75, 3.05) is 19.4 Å². The van der Waals surface area contributed by atoms with Gasteiger partial charge in [0.1, 0.15) is 0 Å². The van der Waals surface area contributed by atoms with Crippen LogP contribution in [0.25, 0.3) is 0 Å². The summed E-state index contributed by atoms with van der Waals surface area (Å²) in [5.41, 5.74) is 2.52. The highest BCUT2D eigenvalue weighted by molar-refractivity contribution is 6.31. The van der Waals surface area contributed by atoms with Gasteiger partial charge in [0.25, 0.3) is 5.91 Å². The van der Waals surface area contributed by atoms with E-state index in [0.29, 0.717) is 22.0 Å². The summed E-state index contributed by atoms with van der Waals surface area (Å²) in [4.78, 5) is 29.5. The number of aromatic nitrogens is 1. The Balaban J connectivity index is 2.09. The molecule has 0 aliphatic heterocycles. The van der Waals surface area contributed by atoms with Crippen molar-refractivity contribution in [1.29, 1.82) is 0 Å². The number of carbonyl (C=O) groups excluding carboxylic acids is 2. The lowest BCUT2D eigenvalue weighted by Gasteiger charge is -2.12. The molecule has 24 heavy (non-hydrogen) atoms. The second-order valence-corrected chi connectivity index (χ2v) is 5.86. The van der Waals surface area contributed by atoms with Gasteiger partial charge in [-0.3, -0.25) is 9.78 Å². The van der Waals surface area contributed by atoms with Crippen molar-refractivity contribution in [2.24, 2.45) is 0 Å². The van der Waals surface area contributed by atoms with Gasteiger partial charge < -0.3 is 15.5 Å². The molecular weight excluding hydrogens is 328 g/mol. The zero-order valence-electron chi connectivity index (χ0n) is 13.8. The average Bonchev–Trinajstić information content (AvgIpc) is 2.57. The molecule has 7 heteroatoms. The lowest BCUT2D eigenvalue weighted by molar-refractivity contribution is 0.102. The van der Waals surface area contributed by atoms with E-state index in [1.807, 2.05) is 6.92 Å². The SMILES string of the molecule is Cc1c(Cl)cccc1NC(=O)c1ccnc(CNC(=O)N(C)C)c1. The maximum absolute atomic E-state index is 12.4. The van der Waals surface area contributed by atoms with Gasteiger partial charge in [-0.1, -0.05) is 17.7 Å². The van der Waals surface area contributed by atoms with E-state index in [0.717, 1.165) is 5.56 Å². The molecule has 0 spiro atoms. The van der Waals surface area contributed by atoms with E-state index in [2.05, 4.69) is 15.6 Å². The fourth-order valence-electron chi connectivity index (χ4n) is 1.98. The van der Waals surface area contributed by atoms with E-state index < -0.39 is 0 Å². The first-order valence-corrected chi connectivity index (χ1v) is 7.73.